The van der Waals surface area contributed by atoms with Gasteiger partial charge in [-0.05, 0) is 42.5 Å². The van der Waals surface area contributed by atoms with Crippen LogP contribution in [0, 0.1) is 17.8 Å². The average molecular weight is 551 g/mol. The lowest BCUT2D eigenvalue weighted by molar-refractivity contribution is -0.138. The van der Waals surface area contributed by atoms with Gasteiger partial charge in [0, 0.05) is 18.5 Å². The summed E-state index contributed by atoms with van der Waals surface area (Å²) in [5, 5.41) is 10.8. The van der Waals surface area contributed by atoms with E-state index in [1.165, 1.54) is 18.0 Å². The molecule has 2 aromatic rings. The first-order valence-electron chi connectivity index (χ1n) is 12.3. The van der Waals surface area contributed by atoms with Crippen molar-refractivity contribution >= 4 is 58.6 Å². The smallest absolute Gasteiger partial charge is 0.253 e. The second-order valence-electron chi connectivity index (χ2n) is 10.4. The topological polar surface area (TPSA) is 95.0 Å². The highest BCUT2D eigenvalue weighted by Gasteiger charge is 2.76. The second kappa shape index (κ2) is 8.29. The lowest BCUT2D eigenvalue weighted by atomic mass is 9.56. The first kappa shape index (κ1) is 24.9. The molecule has 0 unspecified atom stereocenters. The summed E-state index contributed by atoms with van der Waals surface area (Å²) in [6.45, 7) is 3.74. The molecule has 4 aliphatic rings. The van der Waals surface area contributed by atoms with Gasteiger partial charge in [-0.15, -0.1) is 23.2 Å². The Labute approximate surface area is 229 Å². The molecule has 3 fully saturated rings. The lowest BCUT2D eigenvalue weighted by Gasteiger charge is -2.50. The van der Waals surface area contributed by atoms with E-state index in [1.807, 2.05) is 6.08 Å². The van der Waals surface area contributed by atoms with Crippen molar-refractivity contribution in [3.05, 3.63) is 77.9 Å². The number of phenols is 1. The number of likely N-dealkylation sites (tertiary alicyclic amines) is 1. The fraction of sp³-hybridized carbons (Fsp3) is 0.310. The van der Waals surface area contributed by atoms with E-state index in [0.717, 1.165) is 10.5 Å². The zero-order valence-electron chi connectivity index (χ0n) is 20.4. The van der Waals surface area contributed by atoms with E-state index in [0.29, 0.717) is 16.8 Å². The highest BCUT2D eigenvalue weighted by molar-refractivity contribution is 6.53. The standard InChI is InChI=1S/C29H24Cl2N2O5/c1-3-15-8-10-16(11-9-15)33-24(35)19-13-12-17-20(22(19)25(33)36)14-28(30)26(37)32(2)27(38)29(28,31)23(17)18-6-4-5-7-21(18)34/h3-12,19-20,22-23,34H,1,13-14H2,2H3/t19-,20+,22-,23+,28+,29-/m0/s1. The van der Waals surface area contributed by atoms with Crippen LogP contribution in [-0.4, -0.2) is 50.4 Å². The molecule has 2 aliphatic heterocycles. The van der Waals surface area contributed by atoms with Crippen molar-refractivity contribution < 1.29 is 24.3 Å². The molecule has 9 heteroatoms. The first-order valence-corrected chi connectivity index (χ1v) is 13.1. The number of para-hydroxylation sites is 1. The number of anilines is 1. The van der Waals surface area contributed by atoms with Gasteiger partial charge in [0.25, 0.3) is 11.8 Å². The number of aromatic hydroxyl groups is 1. The minimum absolute atomic E-state index is 0.0909. The molecule has 6 rings (SSSR count). The molecule has 38 heavy (non-hydrogen) atoms. The third-order valence-corrected chi connectivity index (χ3v) is 10.1. The monoisotopic (exact) mass is 550 g/mol. The molecule has 0 radical (unpaired) electrons. The van der Waals surface area contributed by atoms with Crippen molar-refractivity contribution in [1.29, 1.82) is 0 Å². The van der Waals surface area contributed by atoms with Crippen LogP contribution < -0.4 is 4.90 Å². The van der Waals surface area contributed by atoms with Crippen molar-refractivity contribution in [3.8, 4) is 5.75 Å². The molecule has 2 aliphatic carbocycles. The van der Waals surface area contributed by atoms with Gasteiger partial charge in [-0.1, -0.05) is 54.6 Å². The van der Waals surface area contributed by atoms with E-state index in [4.69, 9.17) is 23.2 Å². The number of allylic oxidation sites excluding steroid dienone is 2. The van der Waals surface area contributed by atoms with Crippen molar-refractivity contribution in [2.24, 2.45) is 17.8 Å². The normalized spacial score (nSPS) is 34.1. The minimum Gasteiger partial charge on any atom is -0.508 e. The summed E-state index contributed by atoms with van der Waals surface area (Å²) in [6, 6.07) is 13.4. The van der Waals surface area contributed by atoms with Crippen molar-refractivity contribution in [1.82, 2.24) is 4.90 Å². The number of hydrogen-bond donors (Lipinski definition) is 1. The van der Waals surface area contributed by atoms with Crippen LogP contribution >= 0.6 is 23.2 Å². The Bertz CT molecular complexity index is 1470. The third kappa shape index (κ3) is 2.97. The van der Waals surface area contributed by atoms with E-state index in [2.05, 4.69) is 6.58 Å². The van der Waals surface area contributed by atoms with Crippen LogP contribution in [0.25, 0.3) is 6.08 Å². The maximum absolute atomic E-state index is 13.9. The van der Waals surface area contributed by atoms with Crippen LogP contribution in [0.2, 0.25) is 0 Å². The molecule has 0 spiro atoms. The Morgan fingerprint density at radius 2 is 1.66 bits per heavy atom. The van der Waals surface area contributed by atoms with Crippen LogP contribution in [-0.2, 0) is 19.2 Å². The number of nitrogens with zero attached hydrogens (tertiary/aromatic N) is 2. The number of halogens is 2. The Hall–Kier alpha value is -3.42. The number of benzene rings is 2. The summed E-state index contributed by atoms with van der Waals surface area (Å²) in [5.74, 6) is -5.18. The number of phenolic OH excluding ortho intramolecular Hbond substituents is 1. The number of amides is 4. The molecule has 2 aromatic carbocycles. The van der Waals surface area contributed by atoms with E-state index in [1.54, 1.807) is 48.5 Å². The summed E-state index contributed by atoms with van der Waals surface area (Å²) >= 11 is 14.2. The van der Waals surface area contributed by atoms with E-state index in [9.17, 15) is 24.3 Å². The molecule has 7 nitrogen and oxygen atoms in total. The van der Waals surface area contributed by atoms with Crippen molar-refractivity contribution in [2.75, 3.05) is 11.9 Å². The van der Waals surface area contributed by atoms with Crippen LogP contribution in [0.15, 0.2) is 66.8 Å². The number of rotatable bonds is 3. The predicted octanol–water partition coefficient (Wildman–Crippen LogP) is 4.23. The van der Waals surface area contributed by atoms with Gasteiger partial charge in [-0.25, -0.2) is 0 Å². The van der Waals surface area contributed by atoms with Crippen LogP contribution in [0.1, 0.15) is 29.9 Å². The molecule has 194 valence electrons. The summed E-state index contributed by atoms with van der Waals surface area (Å²) in [5.41, 5.74) is 2.28. The fourth-order valence-electron chi connectivity index (χ4n) is 6.84. The van der Waals surface area contributed by atoms with Crippen LogP contribution in [0.3, 0.4) is 0 Å². The SMILES string of the molecule is C=Cc1ccc(N2C(=O)[C@H]3[C@H](CC=C4[C@H]3C[C@@]3(Cl)C(=O)N(C)C(=O)[C@@]3(Cl)[C@H]4c3ccccc3O)C2=O)cc1. The zero-order chi connectivity index (χ0) is 27.1. The van der Waals surface area contributed by atoms with E-state index >= 15 is 0 Å². The van der Waals surface area contributed by atoms with Gasteiger partial charge in [0.2, 0.25) is 11.8 Å². The van der Waals surface area contributed by atoms with Gasteiger partial charge in [0.05, 0.1) is 17.5 Å². The maximum Gasteiger partial charge on any atom is 0.253 e. The van der Waals surface area contributed by atoms with Gasteiger partial charge in [0.15, 0.2) is 9.75 Å². The Kier molecular flexibility index (Phi) is 5.43. The molecule has 6 atom stereocenters. The number of imide groups is 2. The second-order valence-corrected chi connectivity index (χ2v) is 11.6. The number of carbonyl (C=O) groups is 4. The van der Waals surface area contributed by atoms with E-state index in [-0.39, 0.29) is 30.4 Å². The third-order valence-electron chi connectivity index (χ3n) is 8.65. The fourth-order valence-corrected chi connectivity index (χ4v) is 7.85. The Morgan fingerprint density at radius 1 is 0.974 bits per heavy atom. The van der Waals surface area contributed by atoms with Gasteiger partial charge < -0.3 is 5.11 Å². The summed E-state index contributed by atoms with van der Waals surface area (Å²) in [4.78, 5) is 52.8. The highest BCUT2D eigenvalue weighted by atomic mass is 35.5. The molecule has 2 saturated heterocycles. The molecule has 1 N–H and O–H groups in total. The number of fused-ring (bicyclic) bond motifs is 4. The summed E-state index contributed by atoms with van der Waals surface area (Å²) in [7, 11) is 1.33. The number of hydrogen-bond acceptors (Lipinski definition) is 5. The predicted molar refractivity (Wildman–Crippen MR) is 143 cm³/mol. The molecule has 2 heterocycles. The van der Waals surface area contributed by atoms with Crippen molar-refractivity contribution in [2.45, 2.75) is 28.5 Å². The quantitative estimate of drug-likeness (QED) is 0.350. The minimum atomic E-state index is -1.92. The molecule has 4 amide bonds. The van der Waals surface area contributed by atoms with Gasteiger partial charge in [-0.3, -0.25) is 29.0 Å². The molecular formula is C29H24Cl2N2O5. The van der Waals surface area contributed by atoms with Crippen LogP contribution in [0.4, 0.5) is 5.69 Å². The molecule has 0 aromatic heterocycles. The molecule has 1 saturated carbocycles. The Morgan fingerprint density at radius 3 is 2.32 bits per heavy atom. The highest BCUT2D eigenvalue weighted by Crippen LogP contribution is 2.66. The van der Waals surface area contributed by atoms with Gasteiger partial charge in [-0.2, -0.15) is 0 Å². The van der Waals surface area contributed by atoms with Crippen LogP contribution in [0.5, 0.6) is 5.75 Å². The molecular weight excluding hydrogens is 527 g/mol. The summed E-state index contributed by atoms with van der Waals surface area (Å²) < 4.78 is 0. The number of alkyl halides is 2. The summed E-state index contributed by atoms with van der Waals surface area (Å²) in [6.07, 6.45) is 3.68. The first-order chi connectivity index (χ1) is 18.1. The Balaban J connectivity index is 1.50. The zero-order valence-corrected chi connectivity index (χ0v) is 21.9. The number of carbonyl (C=O) groups excluding carboxylic acids is 4. The lowest BCUT2D eigenvalue weighted by Crippen LogP contribution is -2.60. The van der Waals surface area contributed by atoms with E-state index < -0.39 is 45.2 Å². The van der Waals surface area contributed by atoms with Gasteiger partial charge in [0.1, 0.15) is 5.75 Å². The molecule has 0 bridgehead atoms. The average Bonchev–Trinajstić information content (AvgIpc) is 3.24. The maximum atomic E-state index is 13.9. The van der Waals surface area contributed by atoms with Gasteiger partial charge >= 0.3 is 0 Å². The van der Waals surface area contributed by atoms with Crippen molar-refractivity contribution in [3.63, 3.8) is 0 Å². The largest absolute Gasteiger partial charge is 0.508 e.